The number of urea groups is 1. The molecule has 0 saturated heterocycles. The van der Waals surface area contributed by atoms with E-state index in [9.17, 15) is 9.59 Å². The summed E-state index contributed by atoms with van der Waals surface area (Å²) in [6.07, 6.45) is 0. The average Bonchev–Trinajstić information content (AvgIpc) is 3.26. The van der Waals surface area contributed by atoms with Crippen molar-refractivity contribution >= 4 is 40.7 Å². The van der Waals surface area contributed by atoms with Gasteiger partial charge in [-0.25, -0.2) is 9.78 Å². The average molecular weight is 373 g/mol. The fourth-order valence-electron chi connectivity index (χ4n) is 1.93. The molecule has 2 aromatic heterocycles. The highest BCUT2D eigenvalue weighted by molar-refractivity contribution is 8.00. The van der Waals surface area contributed by atoms with Crippen molar-refractivity contribution in [3.63, 3.8) is 0 Å². The van der Waals surface area contributed by atoms with E-state index < -0.39 is 17.2 Å². The maximum atomic E-state index is 12.1. The first kappa shape index (κ1) is 17.2. The zero-order chi connectivity index (χ0) is 17.6. The number of H-pyrrole nitrogens is 1. The molecule has 1 atom stereocenters. The van der Waals surface area contributed by atoms with Crippen molar-refractivity contribution in [3.8, 4) is 10.7 Å². The van der Waals surface area contributed by atoms with E-state index in [1.807, 2.05) is 23.6 Å². The molecule has 0 radical (unpaired) electrons. The van der Waals surface area contributed by atoms with Gasteiger partial charge in [-0.05, 0) is 30.5 Å². The molecule has 9 heteroatoms. The first-order valence-corrected chi connectivity index (χ1v) is 9.17. The number of imide groups is 1. The van der Waals surface area contributed by atoms with Crippen LogP contribution < -0.4 is 10.6 Å². The number of thiophene rings is 1. The summed E-state index contributed by atoms with van der Waals surface area (Å²) in [7, 11) is 0. The lowest BCUT2D eigenvalue weighted by atomic mass is 10.3. The highest BCUT2D eigenvalue weighted by Crippen LogP contribution is 2.25. The van der Waals surface area contributed by atoms with Crippen molar-refractivity contribution in [1.29, 1.82) is 0 Å². The van der Waals surface area contributed by atoms with Crippen LogP contribution in [0.1, 0.15) is 6.92 Å². The van der Waals surface area contributed by atoms with E-state index in [2.05, 4.69) is 25.8 Å². The summed E-state index contributed by atoms with van der Waals surface area (Å²) in [5.41, 5.74) is 0.614. The number of nitrogens with zero attached hydrogens (tertiary/aromatic N) is 2. The minimum atomic E-state index is -0.571. The number of amides is 3. The molecule has 3 aromatic rings. The van der Waals surface area contributed by atoms with Gasteiger partial charge in [0.25, 0.3) is 0 Å². The van der Waals surface area contributed by atoms with Crippen LogP contribution in [0.15, 0.2) is 53.0 Å². The van der Waals surface area contributed by atoms with Crippen LogP contribution in [0.3, 0.4) is 0 Å². The molecule has 0 spiro atoms. The van der Waals surface area contributed by atoms with E-state index in [-0.39, 0.29) is 0 Å². The van der Waals surface area contributed by atoms with E-state index in [1.54, 1.807) is 42.5 Å². The van der Waals surface area contributed by atoms with Crippen molar-refractivity contribution < 1.29 is 9.59 Å². The van der Waals surface area contributed by atoms with Crippen molar-refractivity contribution in [3.05, 3.63) is 47.8 Å². The number of aromatic nitrogens is 3. The van der Waals surface area contributed by atoms with Gasteiger partial charge in [0.05, 0.1) is 10.1 Å². The predicted molar refractivity (Wildman–Crippen MR) is 98.6 cm³/mol. The number of anilines is 1. The predicted octanol–water partition coefficient (Wildman–Crippen LogP) is 3.36. The molecule has 0 saturated carbocycles. The van der Waals surface area contributed by atoms with Crippen molar-refractivity contribution in [2.24, 2.45) is 0 Å². The van der Waals surface area contributed by atoms with Gasteiger partial charge >= 0.3 is 6.03 Å². The lowest BCUT2D eigenvalue weighted by Crippen LogP contribution is -2.38. The summed E-state index contributed by atoms with van der Waals surface area (Å²) in [5.74, 6) is 0.243. The minimum absolute atomic E-state index is 0.416. The van der Waals surface area contributed by atoms with Crippen molar-refractivity contribution in [2.75, 3.05) is 5.32 Å². The van der Waals surface area contributed by atoms with E-state index in [0.717, 1.165) is 4.88 Å². The van der Waals surface area contributed by atoms with E-state index in [0.29, 0.717) is 16.7 Å². The number of carbonyl (C=O) groups excluding carboxylic acids is 2. The van der Waals surface area contributed by atoms with Crippen LogP contribution in [0.4, 0.5) is 10.5 Å². The smallest absolute Gasteiger partial charge is 0.308 e. The maximum absolute atomic E-state index is 12.1. The molecule has 25 heavy (non-hydrogen) atoms. The third kappa shape index (κ3) is 4.68. The Bertz CT molecular complexity index is 849. The van der Waals surface area contributed by atoms with Crippen LogP contribution >= 0.6 is 23.1 Å². The molecular weight excluding hydrogens is 358 g/mol. The van der Waals surface area contributed by atoms with E-state index >= 15 is 0 Å². The Morgan fingerprint density at radius 2 is 2.00 bits per heavy atom. The molecular formula is C16H15N5O2S2. The first-order valence-electron chi connectivity index (χ1n) is 7.41. The second-order valence-corrected chi connectivity index (χ2v) is 7.27. The van der Waals surface area contributed by atoms with Gasteiger partial charge in [0.15, 0.2) is 5.82 Å². The van der Waals surface area contributed by atoms with E-state index in [1.165, 1.54) is 11.8 Å². The Labute approximate surface area is 152 Å². The Hall–Kier alpha value is -2.65. The lowest BCUT2D eigenvalue weighted by molar-refractivity contribution is -0.119. The van der Waals surface area contributed by atoms with Crippen LogP contribution in [-0.2, 0) is 4.79 Å². The van der Waals surface area contributed by atoms with Gasteiger partial charge in [0.2, 0.25) is 11.1 Å². The number of hydrogen-bond donors (Lipinski definition) is 3. The van der Waals surface area contributed by atoms with Crippen molar-refractivity contribution in [1.82, 2.24) is 20.5 Å². The van der Waals surface area contributed by atoms with Gasteiger partial charge in [-0.2, -0.15) is 0 Å². The normalized spacial score (nSPS) is 11.7. The summed E-state index contributed by atoms with van der Waals surface area (Å²) >= 11 is 2.73. The summed E-state index contributed by atoms with van der Waals surface area (Å²) in [5, 5.41) is 13.7. The fourth-order valence-corrected chi connectivity index (χ4v) is 3.32. The number of nitrogens with one attached hydrogen (secondary N) is 3. The number of rotatable bonds is 5. The topological polar surface area (TPSA) is 99.8 Å². The number of para-hydroxylation sites is 1. The summed E-state index contributed by atoms with van der Waals surface area (Å²) in [4.78, 5) is 29.3. The molecule has 1 aromatic carbocycles. The SMILES string of the molecule is C[C@H](Sc1n[nH]c(-c2cccs2)n1)C(=O)NC(=O)Nc1ccccc1. The Kier molecular flexibility index (Phi) is 5.46. The molecule has 0 unspecified atom stereocenters. The summed E-state index contributed by atoms with van der Waals surface area (Å²) in [6.45, 7) is 1.69. The molecule has 7 nitrogen and oxygen atoms in total. The maximum Gasteiger partial charge on any atom is 0.325 e. The molecule has 2 heterocycles. The molecule has 0 aliphatic carbocycles. The quantitative estimate of drug-likeness (QED) is 0.596. The second kappa shape index (κ2) is 7.95. The minimum Gasteiger partial charge on any atom is -0.308 e. The number of hydrogen-bond acceptors (Lipinski definition) is 6. The van der Waals surface area contributed by atoms with Crippen molar-refractivity contribution in [2.45, 2.75) is 17.3 Å². The van der Waals surface area contributed by atoms with Crippen LogP contribution in [0.2, 0.25) is 0 Å². The fraction of sp³-hybridized carbons (Fsp3) is 0.125. The third-order valence-corrected chi connectivity index (χ3v) is 4.98. The molecule has 3 N–H and O–H groups in total. The van der Waals surface area contributed by atoms with Crippen LogP contribution in [0.5, 0.6) is 0 Å². The highest BCUT2D eigenvalue weighted by Gasteiger charge is 2.19. The molecule has 0 bridgehead atoms. The van der Waals surface area contributed by atoms with Crippen LogP contribution in [0.25, 0.3) is 10.7 Å². The zero-order valence-electron chi connectivity index (χ0n) is 13.2. The largest absolute Gasteiger partial charge is 0.325 e. The summed E-state index contributed by atoms with van der Waals surface area (Å²) < 4.78 is 0. The van der Waals surface area contributed by atoms with Gasteiger partial charge in [0.1, 0.15) is 0 Å². The molecule has 3 rings (SSSR count). The van der Waals surface area contributed by atoms with Crippen LogP contribution in [0, 0.1) is 0 Å². The molecule has 0 aliphatic rings. The van der Waals surface area contributed by atoms with Gasteiger partial charge in [-0.3, -0.25) is 15.2 Å². The number of benzene rings is 1. The van der Waals surface area contributed by atoms with Gasteiger partial charge in [-0.15, -0.1) is 16.4 Å². The van der Waals surface area contributed by atoms with E-state index in [4.69, 9.17) is 0 Å². The van der Waals surface area contributed by atoms with Gasteiger partial charge in [0, 0.05) is 5.69 Å². The third-order valence-electron chi connectivity index (χ3n) is 3.14. The molecule has 0 fully saturated rings. The Balaban J connectivity index is 1.53. The van der Waals surface area contributed by atoms with Crippen LogP contribution in [-0.4, -0.2) is 32.4 Å². The second-order valence-electron chi connectivity index (χ2n) is 5.01. The summed E-state index contributed by atoms with van der Waals surface area (Å²) in [6, 6.07) is 12.2. The molecule has 3 amide bonds. The molecule has 0 aliphatic heterocycles. The monoisotopic (exact) mass is 373 g/mol. The lowest BCUT2D eigenvalue weighted by Gasteiger charge is -2.10. The first-order chi connectivity index (χ1) is 12.1. The standard InChI is InChI=1S/C16H15N5O2S2/c1-10(14(22)19-15(23)17-11-6-3-2-4-7-11)25-16-18-13(20-21-16)12-8-5-9-24-12/h2-10H,1H3,(H,18,20,21)(H2,17,19,22,23)/t10-/m0/s1. The van der Waals surface area contributed by atoms with Gasteiger partial charge in [-0.1, -0.05) is 36.0 Å². The number of carbonyl (C=O) groups is 2. The zero-order valence-corrected chi connectivity index (χ0v) is 14.9. The van der Waals surface area contributed by atoms with Gasteiger partial charge < -0.3 is 5.32 Å². The molecule has 128 valence electrons. The highest BCUT2D eigenvalue weighted by atomic mass is 32.2. The number of thioether (sulfide) groups is 1. The Morgan fingerprint density at radius 1 is 1.20 bits per heavy atom. The Morgan fingerprint density at radius 3 is 2.72 bits per heavy atom. The number of aromatic amines is 1.